The molecule has 0 bridgehead atoms. The van der Waals surface area contributed by atoms with Gasteiger partial charge in [0.15, 0.2) is 0 Å². The van der Waals surface area contributed by atoms with E-state index in [1.807, 2.05) is 0 Å². The number of nitrogens with one attached hydrogen (secondary N) is 2. The Bertz CT molecular complexity index is 1090. The molecule has 0 aliphatic carbocycles. The fourth-order valence-corrected chi connectivity index (χ4v) is 5.25. The molecule has 2 N–H and O–H groups in total. The van der Waals surface area contributed by atoms with Crippen molar-refractivity contribution in [1.29, 1.82) is 0 Å². The average Bonchev–Trinajstić information content (AvgIpc) is 2.76. The van der Waals surface area contributed by atoms with Crippen LogP contribution in [0.15, 0.2) is 47.4 Å². The quantitative estimate of drug-likeness (QED) is 0.636. The van der Waals surface area contributed by atoms with Crippen LogP contribution in [0, 0.1) is 17.5 Å². The van der Waals surface area contributed by atoms with E-state index in [-0.39, 0.29) is 23.5 Å². The highest BCUT2D eigenvalue weighted by molar-refractivity contribution is 7.89. The summed E-state index contributed by atoms with van der Waals surface area (Å²) in [6.07, 6.45) is 2.31. The van der Waals surface area contributed by atoms with Gasteiger partial charge in [0.1, 0.15) is 17.5 Å². The minimum Gasteiger partial charge on any atom is -0.348 e. The van der Waals surface area contributed by atoms with E-state index in [0.29, 0.717) is 25.5 Å². The lowest BCUT2D eigenvalue weighted by Gasteiger charge is -2.34. The summed E-state index contributed by atoms with van der Waals surface area (Å²) in [6.45, 7) is 0.306. The molecule has 3 rings (SSSR count). The summed E-state index contributed by atoms with van der Waals surface area (Å²) in [7, 11) is -3.84. The van der Waals surface area contributed by atoms with Gasteiger partial charge in [0.2, 0.25) is 10.0 Å². The van der Waals surface area contributed by atoms with Crippen LogP contribution in [0.1, 0.15) is 25.7 Å². The Hall–Kier alpha value is -2.92. The lowest BCUT2D eigenvalue weighted by Crippen LogP contribution is -2.45. The van der Waals surface area contributed by atoms with Crippen molar-refractivity contribution < 1.29 is 31.2 Å². The van der Waals surface area contributed by atoms with Crippen LogP contribution in [0.4, 0.5) is 18.9 Å². The molecule has 1 atom stereocenters. The molecule has 1 unspecified atom stereocenters. The second kappa shape index (κ2) is 10.1. The van der Waals surface area contributed by atoms with Crippen molar-refractivity contribution in [1.82, 2.24) is 9.62 Å². The molecule has 0 spiro atoms. The summed E-state index contributed by atoms with van der Waals surface area (Å²) in [5, 5.41) is 4.44. The summed E-state index contributed by atoms with van der Waals surface area (Å²) >= 11 is 0. The van der Waals surface area contributed by atoms with E-state index in [4.69, 9.17) is 0 Å². The maximum atomic E-state index is 13.6. The molecule has 2 aromatic carbocycles. The number of sulfonamides is 1. The van der Waals surface area contributed by atoms with Gasteiger partial charge in [0, 0.05) is 25.2 Å². The van der Waals surface area contributed by atoms with Gasteiger partial charge >= 0.3 is 11.8 Å². The van der Waals surface area contributed by atoms with Gasteiger partial charge < -0.3 is 10.6 Å². The molecule has 0 aromatic heterocycles. The third-order valence-corrected chi connectivity index (χ3v) is 7.11. The first-order chi connectivity index (χ1) is 15.2. The van der Waals surface area contributed by atoms with Gasteiger partial charge in [-0.25, -0.2) is 21.6 Å². The molecule has 2 amide bonds. The number of anilines is 1. The molecule has 1 heterocycles. The molecular formula is C21H22F3N3O4S. The molecule has 0 saturated carbocycles. The SMILES string of the molecule is O=C(NCCC1CCCCN1S(=O)(=O)c1ccc(F)cc1)C(=O)Nc1ccc(F)cc1F. The maximum absolute atomic E-state index is 13.6. The zero-order valence-corrected chi connectivity index (χ0v) is 17.8. The summed E-state index contributed by atoms with van der Waals surface area (Å²) in [6, 6.07) is 6.67. The first-order valence-corrected chi connectivity index (χ1v) is 11.4. The average molecular weight is 469 g/mol. The smallest absolute Gasteiger partial charge is 0.313 e. The summed E-state index contributed by atoms with van der Waals surface area (Å²) in [4.78, 5) is 23.9. The maximum Gasteiger partial charge on any atom is 0.313 e. The topological polar surface area (TPSA) is 95.6 Å². The van der Waals surface area contributed by atoms with Crippen LogP contribution in [0.3, 0.4) is 0 Å². The second-order valence-electron chi connectivity index (χ2n) is 7.34. The number of hydrogen-bond donors (Lipinski definition) is 2. The second-order valence-corrected chi connectivity index (χ2v) is 9.23. The number of benzene rings is 2. The predicted molar refractivity (Wildman–Crippen MR) is 111 cm³/mol. The Morgan fingerprint density at radius 2 is 1.66 bits per heavy atom. The molecule has 1 fully saturated rings. The Morgan fingerprint density at radius 3 is 2.34 bits per heavy atom. The fraction of sp³-hybridized carbons (Fsp3) is 0.333. The van der Waals surface area contributed by atoms with E-state index >= 15 is 0 Å². The van der Waals surface area contributed by atoms with Crippen LogP contribution < -0.4 is 10.6 Å². The van der Waals surface area contributed by atoms with Gasteiger partial charge in [-0.15, -0.1) is 0 Å². The summed E-state index contributed by atoms with van der Waals surface area (Å²) < 4.78 is 67.0. The lowest BCUT2D eigenvalue weighted by molar-refractivity contribution is -0.136. The van der Waals surface area contributed by atoms with E-state index in [2.05, 4.69) is 10.6 Å². The van der Waals surface area contributed by atoms with Crippen molar-refractivity contribution in [2.45, 2.75) is 36.6 Å². The van der Waals surface area contributed by atoms with Crippen molar-refractivity contribution in [3.05, 3.63) is 59.9 Å². The number of carbonyl (C=O) groups excluding carboxylic acids is 2. The van der Waals surface area contributed by atoms with Crippen molar-refractivity contribution in [3.63, 3.8) is 0 Å². The number of piperidine rings is 1. The highest BCUT2D eigenvalue weighted by Gasteiger charge is 2.33. The van der Waals surface area contributed by atoms with Gasteiger partial charge in [-0.2, -0.15) is 4.31 Å². The standard InChI is InChI=1S/C21H22F3N3O4S/c22-14-4-7-17(8-5-14)32(30,31)27-12-2-1-3-16(27)10-11-25-20(28)21(29)26-19-9-6-15(23)13-18(19)24/h4-9,13,16H,1-3,10-12H2,(H,25,28)(H,26,29). The third-order valence-electron chi connectivity index (χ3n) is 5.14. The number of hydrogen-bond acceptors (Lipinski definition) is 4. The largest absolute Gasteiger partial charge is 0.348 e. The van der Waals surface area contributed by atoms with E-state index < -0.39 is 45.3 Å². The minimum atomic E-state index is -3.84. The Balaban J connectivity index is 1.58. The van der Waals surface area contributed by atoms with Gasteiger partial charge in [0.05, 0.1) is 10.6 Å². The van der Waals surface area contributed by atoms with Crippen LogP contribution in [0.2, 0.25) is 0 Å². The fourth-order valence-electron chi connectivity index (χ4n) is 3.52. The predicted octanol–water partition coefficient (Wildman–Crippen LogP) is 2.79. The molecular weight excluding hydrogens is 447 g/mol. The Kier molecular flexibility index (Phi) is 7.52. The van der Waals surface area contributed by atoms with Gasteiger partial charge in [-0.3, -0.25) is 9.59 Å². The van der Waals surface area contributed by atoms with E-state index in [1.165, 1.54) is 16.4 Å². The molecule has 11 heteroatoms. The van der Waals surface area contributed by atoms with Crippen molar-refractivity contribution in [2.75, 3.05) is 18.4 Å². The van der Waals surface area contributed by atoms with Crippen LogP contribution in [-0.4, -0.2) is 43.7 Å². The molecule has 1 saturated heterocycles. The number of nitrogens with zero attached hydrogens (tertiary/aromatic N) is 1. The van der Waals surface area contributed by atoms with Crippen LogP contribution in [-0.2, 0) is 19.6 Å². The number of amides is 2. The van der Waals surface area contributed by atoms with Gasteiger partial charge in [-0.05, 0) is 55.7 Å². The monoisotopic (exact) mass is 469 g/mol. The molecule has 7 nitrogen and oxygen atoms in total. The summed E-state index contributed by atoms with van der Waals surface area (Å²) in [5.74, 6) is -4.54. The molecule has 32 heavy (non-hydrogen) atoms. The Labute approximate surface area is 183 Å². The van der Waals surface area contributed by atoms with Gasteiger partial charge in [0.25, 0.3) is 0 Å². The van der Waals surface area contributed by atoms with Crippen molar-refractivity contribution in [3.8, 4) is 0 Å². The van der Waals surface area contributed by atoms with Gasteiger partial charge in [-0.1, -0.05) is 6.42 Å². The number of carbonyl (C=O) groups is 2. The van der Waals surface area contributed by atoms with Crippen LogP contribution >= 0.6 is 0 Å². The van der Waals surface area contributed by atoms with Crippen molar-refractivity contribution >= 4 is 27.5 Å². The van der Waals surface area contributed by atoms with E-state index in [9.17, 15) is 31.2 Å². The Morgan fingerprint density at radius 1 is 0.969 bits per heavy atom. The number of halogens is 3. The zero-order chi connectivity index (χ0) is 23.3. The van der Waals surface area contributed by atoms with Crippen molar-refractivity contribution in [2.24, 2.45) is 0 Å². The van der Waals surface area contributed by atoms with E-state index in [0.717, 1.165) is 30.7 Å². The first-order valence-electron chi connectivity index (χ1n) is 10.00. The summed E-state index contributed by atoms with van der Waals surface area (Å²) in [5.41, 5.74) is -0.338. The minimum absolute atomic E-state index is 0.0122. The molecule has 1 aliphatic heterocycles. The highest BCUT2D eigenvalue weighted by atomic mass is 32.2. The van der Waals surface area contributed by atoms with E-state index in [1.54, 1.807) is 0 Å². The molecule has 0 radical (unpaired) electrons. The third kappa shape index (κ3) is 5.65. The normalized spacial score (nSPS) is 17.0. The molecule has 1 aliphatic rings. The highest BCUT2D eigenvalue weighted by Crippen LogP contribution is 2.27. The van der Waals surface area contributed by atoms with Crippen LogP contribution in [0.25, 0.3) is 0 Å². The number of rotatable bonds is 6. The first kappa shape index (κ1) is 23.7. The lowest BCUT2D eigenvalue weighted by atomic mass is 10.0. The molecule has 172 valence electrons. The zero-order valence-electron chi connectivity index (χ0n) is 17.0. The van der Waals surface area contributed by atoms with Crippen LogP contribution in [0.5, 0.6) is 0 Å². The molecule has 2 aromatic rings.